The summed E-state index contributed by atoms with van der Waals surface area (Å²) in [5.74, 6) is 10.8. The predicted octanol–water partition coefficient (Wildman–Crippen LogP) is 19.1. The summed E-state index contributed by atoms with van der Waals surface area (Å²) in [7, 11) is 0. The number of hydrogen-bond donors (Lipinski definition) is 3. The van der Waals surface area contributed by atoms with Crippen molar-refractivity contribution in [2.45, 2.75) is 248 Å². The van der Waals surface area contributed by atoms with Crippen molar-refractivity contribution in [3.05, 3.63) is 133 Å². The van der Waals surface area contributed by atoms with E-state index in [-0.39, 0.29) is 52.0 Å². The van der Waals surface area contributed by atoms with Crippen molar-refractivity contribution in [2.75, 3.05) is 19.6 Å². The third kappa shape index (κ3) is 12.2. The van der Waals surface area contributed by atoms with Crippen LogP contribution < -0.4 is 16.0 Å². The van der Waals surface area contributed by atoms with Crippen LogP contribution in [-0.4, -0.2) is 85.6 Å². The molecule has 20 rings (SSSR count). The maximum absolute atomic E-state index is 12.2. The molecule has 0 aromatic carbocycles. The van der Waals surface area contributed by atoms with Crippen LogP contribution in [0.2, 0.25) is 0 Å². The highest BCUT2D eigenvalue weighted by atomic mass is 16.6. The Kier molecular flexibility index (Phi) is 19.4. The first kappa shape index (κ1) is 73.9. The highest BCUT2D eigenvalue weighted by molar-refractivity contribution is 5.82. The van der Waals surface area contributed by atoms with E-state index in [1.54, 1.807) is 23.5 Å². The number of fused-ring (bicyclic) bond motifs is 20. The van der Waals surface area contributed by atoms with Gasteiger partial charge in [-0.25, -0.2) is 14.6 Å². The van der Waals surface area contributed by atoms with Crippen LogP contribution in [0.25, 0.3) is 22.3 Å². The third-order valence-electron chi connectivity index (χ3n) is 35.0. The number of aromatic nitrogens is 6. The van der Waals surface area contributed by atoms with E-state index in [2.05, 4.69) is 152 Å². The van der Waals surface area contributed by atoms with Gasteiger partial charge in [-0.2, -0.15) is 0 Å². The molecule has 16 aliphatic rings. The molecule has 9 saturated carbocycles. The van der Waals surface area contributed by atoms with Crippen molar-refractivity contribution < 1.29 is 28.7 Å². The lowest BCUT2D eigenvalue weighted by Gasteiger charge is -2.58. The number of rotatable bonds is 5. The summed E-state index contributed by atoms with van der Waals surface area (Å²) >= 11 is 0. The Labute approximate surface area is 643 Å². The highest BCUT2D eigenvalue weighted by Gasteiger charge is 2.64. The molecule has 0 radical (unpaired) electrons. The molecule has 3 N–H and O–H groups in total. The van der Waals surface area contributed by atoms with Crippen molar-refractivity contribution in [1.82, 2.24) is 45.9 Å². The molecule has 24 atom stereocenters. The van der Waals surface area contributed by atoms with Crippen LogP contribution in [0.1, 0.15) is 257 Å². The molecule has 3 saturated heterocycles. The fraction of sp³-hybridized carbons (Fsp3) is 0.677. The summed E-state index contributed by atoms with van der Waals surface area (Å²) in [5, 5.41) is 9.04. The van der Waals surface area contributed by atoms with Crippen LogP contribution in [-0.2, 0) is 25.5 Å². The number of ether oxygens (including phenoxy) is 2. The molecule has 108 heavy (non-hydrogen) atoms. The Bertz CT molecular complexity index is 4110. The molecular formula is C93H123N9O6. The normalized spacial score (nSPS) is 43.3. The first-order valence-electron chi connectivity index (χ1n) is 42.9. The van der Waals surface area contributed by atoms with Gasteiger partial charge in [-0.3, -0.25) is 34.5 Å². The zero-order chi connectivity index (χ0) is 74.8. The Hall–Kier alpha value is -6.90. The van der Waals surface area contributed by atoms with Gasteiger partial charge in [0.25, 0.3) is 0 Å². The fourth-order valence-corrected chi connectivity index (χ4v) is 29.2. The van der Waals surface area contributed by atoms with Gasteiger partial charge in [0, 0.05) is 93.1 Å². The lowest BCUT2D eigenvalue weighted by Crippen LogP contribution is -2.54. The molecule has 3 amide bonds. The second-order valence-electron chi connectivity index (χ2n) is 39.2. The molecule has 576 valence electrons. The molecule has 3 aliphatic heterocycles. The lowest BCUT2D eigenvalue weighted by atomic mass is 9.46. The minimum absolute atomic E-state index is 0.0662. The van der Waals surface area contributed by atoms with Crippen LogP contribution >= 0.6 is 0 Å². The topological polar surface area (TPSA) is 200 Å². The molecule has 0 bridgehead atoms. The summed E-state index contributed by atoms with van der Waals surface area (Å²) in [6.07, 6.45) is 57.5. The minimum atomic E-state index is -0.227. The van der Waals surface area contributed by atoms with E-state index in [1.807, 2.05) is 43.4 Å². The first-order valence-corrected chi connectivity index (χ1v) is 42.9. The van der Waals surface area contributed by atoms with Crippen LogP contribution in [0.5, 0.6) is 0 Å². The second kappa shape index (κ2) is 28.4. The number of carbonyl (C=O) groups excluding carboxylic acids is 4. The summed E-state index contributed by atoms with van der Waals surface area (Å²) in [5.41, 5.74) is 13.6. The number of aryl methyl sites for hydroxylation is 1. The van der Waals surface area contributed by atoms with Crippen molar-refractivity contribution in [3.8, 4) is 0 Å². The van der Waals surface area contributed by atoms with Gasteiger partial charge in [0.05, 0.1) is 29.5 Å². The standard InChI is InChI=1S/C24H33N3O2.C24H32N2O.C23H29NO.C22H29N3O2/c1-4-15-13-25-14-20(27-15)19-7-6-17-16-5-8-21-24(3,11-12-26-22(28)29-21)18(16)9-10-23(17,19)2;1-23-12-10-22(27)26-15-17(23)5-6-18-20-8-7-19(16-4-3-13-25-14-16)24(20,2)11-9-21(18)23;1-22-10-9-21-18(6-5-16-12-17(25)13-23(16,21)2)20(22)8-7-19(22)15-4-3-11-24-14-15;1-21-8-7-16-14(3-6-19-22(16,2)9-10-25-20(26)27-19)15(21)4-5-17(21)18-13-23-11-12-24-18/h7,13-14,16-18,21H,4-6,8-12H2,1-3H3,(H,26,28);3-4,7,13-14,17-18,20-21H,5-6,8-12,15H2,1-2H3,(H,26,27);3-4,7,11,14,16,18,20-21H,5-6,8-10,12-13H2,1-2H3;5,11-16,19H,3-4,6-10H2,1-2H3,(H,25,26)/t16-,17-,18-,21?,23-,24+;17-,18-,20-,21-,23-,24+;16-,18-,20-,21-,22+,23-;14-,15-,16-,19?,21-,22+/m0000/s1. The van der Waals surface area contributed by atoms with Crippen molar-refractivity contribution in [1.29, 1.82) is 0 Å². The van der Waals surface area contributed by atoms with Gasteiger partial charge in [-0.05, 0) is 315 Å². The first-order chi connectivity index (χ1) is 52.0. The number of pyridine rings is 2. The monoisotopic (exact) mass is 1460 g/mol. The Morgan fingerprint density at radius 2 is 0.880 bits per heavy atom. The van der Waals surface area contributed by atoms with Gasteiger partial charge >= 0.3 is 12.2 Å². The highest BCUT2D eigenvalue weighted by Crippen LogP contribution is 2.71. The van der Waals surface area contributed by atoms with Crippen LogP contribution in [0.15, 0.2) is 104 Å². The summed E-state index contributed by atoms with van der Waals surface area (Å²) < 4.78 is 11.7. The summed E-state index contributed by atoms with van der Waals surface area (Å²) in [4.78, 5) is 75.2. The molecule has 15 heteroatoms. The largest absolute Gasteiger partial charge is 0.446 e. The number of hydrogen-bond acceptors (Lipinski definition) is 12. The van der Waals surface area contributed by atoms with Gasteiger partial charge in [-0.15, -0.1) is 0 Å². The van der Waals surface area contributed by atoms with Crippen LogP contribution in [0.4, 0.5) is 9.59 Å². The molecule has 7 heterocycles. The van der Waals surface area contributed by atoms with Crippen LogP contribution in [0.3, 0.4) is 0 Å². The predicted molar refractivity (Wildman–Crippen MR) is 422 cm³/mol. The average molecular weight is 1460 g/mol. The summed E-state index contributed by atoms with van der Waals surface area (Å²) in [6, 6.07) is 8.60. The van der Waals surface area contributed by atoms with Crippen molar-refractivity contribution in [3.63, 3.8) is 0 Å². The van der Waals surface area contributed by atoms with E-state index >= 15 is 0 Å². The number of nitrogens with zero attached hydrogens (tertiary/aromatic N) is 6. The van der Waals surface area contributed by atoms with E-state index in [0.29, 0.717) is 74.8 Å². The quantitative estimate of drug-likeness (QED) is 0.171. The van der Waals surface area contributed by atoms with E-state index in [9.17, 15) is 19.2 Å². The van der Waals surface area contributed by atoms with E-state index in [0.717, 1.165) is 143 Å². The fourth-order valence-electron chi connectivity index (χ4n) is 29.2. The van der Waals surface area contributed by atoms with E-state index < -0.39 is 0 Å². The molecular weight excluding hydrogens is 1340 g/mol. The van der Waals surface area contributed by atoms with Crippen molar-refractivity contribution in [2.24, 2.45) is 126 Å². The molecule has 15 nitrogen and oxygen atoms in total. The number of nitrogens with one attached hydrogen (secondary N) is 3. The number of allylic oxidation sites excluding steroid dienone is 8. The molecule has 12 fully saturated rings. The molecule has 4 aromatic heterocycles. The Morgan fingerprint density at radius 3 is 1.37 bits per heavy atom. The molecule has 13 aliphatic carbocycles. The number of ketones is 1. The maximum atomic E-state index is 12.2. The van der Waals surface area contributed by atoms with Gasteiger partial charge in [0.15, 0.2) is 0 Å². The maximum Gasteiger partial charge on any atom is 0.407 e. The smallest absolute Gasteiger partial charge is 0.407 e. The number of Topliss-reactive ketones (excluding diaryl/α,β-unsaturated/α-hetero) is 1. The van der Waals surface area contributed by atoms with Crippen molar-refractivity contribution >= 4 is 46.2 Å². The second-order valence-corrected chi connectivity index (χ2v) is 39.2. The zero-order valence-corrected chi connectivity index (χ0v) is 66.4. The SMILES string of the molecule is CCc1cncc(C2=CC[C@H]3[C@@H]4CCC5OC(=O)NCC[C@]5(C)[C@H]4CC[C@]23C)n1.C[C@]12CC(=O)C[C@@H]1CC[C@@H]1[C@@H]2CC[C@]2(C)C(c3cccnc3)=CC[C@@H]12.C[C@]12CCC(=O)NC[C@@H]1CC[C@@H]1[C@@H]2CC[C@]2(C)C(c3cccnc3)=CC[C@@H]12.C[C@]12CCNC(=O)OC1CC[C@@H]1[C@@H]2CC[C@]2(C)C(c3cnccn3)=CC[C@@H]12. The average Bonchev–Trinajstić information content (AvgIpc) is 1.52. The lowest BCUT2D eigenvalue weighted by molar-refractivity contribution is -0.121. The minimum Gasteiger partial charge on any atom is -0.446 e. The van der Waals surface area contributed by atoms with Gasteiger partial charge in [0.1, 0.15) is 18.0 Å². The summed E-state index contributed by atoms with van der Waals surface area (Å²) in [6.45, 7) is 24.2. The third-order valence-corrected chi connectivity index (χ3v) is 35.0. The Balaban J connectivity index is 0.000000106. The van der Waals surface area contributed by atoms with E-state index in [4.69, 9.17) is 14.5 Å². The molecule has 0 spiro atoms. The van der Waals surface area contributed by atoms with Gasteiger partial charge in [-0.1, -0.05) is 98.8 Å². The molecule has 2 unspecified atom stereocenters. The number of alkyl carbamates (subject to hydrolysis) is 2. The zero-order valence-electron chi connectivity index (χ0n) is 66.4. The van der Waals surface area contributed by atoms with Gasteiger partial charge in [0.2, 0.25) is 5.91 Å². The Morgan fingerprint density at radius 1 is 0.426 bits per heavy atom. The van der Waals surface area contributed by atoms with E-state index in [1.165, 1.54) is 125 Å². The molecule has 4 aromatic rings. The number of amides is 3. The number of carbonyl (C=O) groups is 4. The van der Waals surface area contributed by atoms with Gasteiger partial charge < -0.3 is 25.4 Å². The van der Waals surface area contributed by atoms with Crippen LogP contribution in [0, 0.1) is 126 Å².